The van der Waals surface area contributed by atoms with Gasteiger partial charge in [-0.1, -0.05) is 30.7 Å². The van der Waals surface area contributed by atoms with Crippen LogP contribution in [-0.4, -0.2) is 35.9 Å². The summed E-state index contributed by atoms with van der Waals surface area (Å²) in [6.07, 6.45) is 10.7. The lowest BCUT2D eigenvalue weighted by molar-refractivity contribution is -0.145. The van der Waals surface area contributed by atoms with Crippen LogP contribution in [0.15, 0.2) is 35.5 Å². The van der Waals surface area contributed by atoms with Gasteiger partial charge in [-0.2, -0.15) is 0 Å². The average Bonchev–Trinajstić information content (AvgIpc) is 2.59. The molecule has 0 radical (unpaired) electrons. The van der Waals surface area contributed by atoms with Gasteiger partial charge in [0.2, 0.25) is 0 Å². The lowest BCUT2D eigenvalue weighted by Crippen LogP contribution is -2.29. The number of hydrogen-bond donors (Lipinski definition) is 1. The highest BCUT2D eigenvalue weighted by molar-refractivity contribution is 5.88. The Kier molecular flexibility index (Phi) is 9.66. The maximum absolute atomic E-state index is 12.2. The molecule has 0 aliphatic heterocycles. The van der Waals surface area contributed by atoms with Crippen molar-refractivity contribution in [3.05, 3.63) is 35.5 Å². The van der Waals surface area contributed by atoms with Crippen molar-refractivity contribution in [3.63, 3.8) is 0 Å². The van der Waals surface area contributed by atoms with E-state index in [1.807, 2.05) is 26.8 Å². The van der Waals surface area contributed by atoms with Crippen molar-refractivity contribution in [3.8, 4) is 0 Å². The van der Waals surface area contributed by atoms with Crippen LogP contribution in [0.2, 0.25) is 0 Å². The second-order valence-electron chi connectivity index (χ2n) is 8.28. The number of allylic oxidation sites excluding steroid dienone is 3. The summed E-state index contributed by atoms with van der Waals surface area (Å²) in [5.41, 5.74) is 0.976. The van der Waals surface area contributed by atoms with Gasteiger partial charge in [0.1, 0.15) is 6.10 Å². The van der Waals surface area contributed by atoms with Crippen molar-refractivity contribution in [2.45, 2.75) is 78.4 Å². The molecule has 1 aliphatic rings. The summed E-state index contributed by atoms with van der Waals surface area (Å²) >= 11 is 0. The molecule has 0 saturated carbocycles. The van der Waals surface area contributed by atoms with Gasteiger partial charge in [-0.05, 0) is 70.8 Å². The van der Waals surface area contributed by atoms with Crippen molar-refractivity contribution in [1.29, 1.82) is 0 Å². The van der Waals surface area contributed by atoms with Crippen LogP contribution >= 0.6 is 0 Å². The number of ether oxygens (including phenoxy) is 2. The van der Waals surface area contributed by atoms with Crippen LogP contribution in [0.5, 0.6) is 0 Å². The Morgan fingerprint density at radius 3 is 2.50 bits per heavy atom. The monoisotopic (exact) mass is 392 g/mol. The Hall–Kier alpha value is -1.88. The van der Waals surface area contributed by atoms with E-state index in [0.29, 0.717) is 30.8 Å². The highest BCUT2D eigenvalue weighted by atomic mass is 16.5. The Balaban J connectivity index is 2.93. The van der Waals surface area contributed by atoms with E-state index in [0.717, 1.165) is 12.8 Å². The van der Waals surface area contributed by atoms with Crippen molar-refractivity contribution >= 4 is 11.9 Å². The molecule has 0 aromatic carbocycles. The van der Waals surface area contributed by atoms with E-state index in [-0.39, 0.29) is 17.9 Å². The van der Waals surface area contributed by atoms with Crippen molar-refractivity contribution in [1.82, 2.24) is 0 Å². The van der Waals surface area contributed by atoms with Gasteiger partial charge in [0.25, 0.3) is 0 Å². The molecule has 0 amide bonds. The van der Waals surface area contributed by atoms with Crippen LogP contribution in [-0.2, 0) is 19.1 Å². The van der Waals surface area contributed by atoms with Crippen molar-refractivity contribution in [2.24, 2.45) is 11.8 Å². The minimum Gasteiger partial charge on any atom is -0.466 e. The van der Waals surface area contributed by atoms with Gasteiger partial charge >= 0.3 is 11.9 Å². The molecule has 0 bridgehead atoms. The number of esters is 2. The number of carbonyl (C=O) groups excluding carboxylic acids is 2. The third-order valence-corrected chi connectivity index (χ3v) is 5.14. The minimum absolute atomic E-state index is 0.240. The zero-order valence-electron chi connectivity index (χ0n) is 18.2. The first-order valence-electron chi connectivity index (χ1n) is 10.1. The van der Waals surface area contributed by atoms with Crippen molar-refractivity contribution < 1.29 is 24.2 Å². The standard InChI is InChI=1S/C23H36O5/c1-16(2)8-7-9-20(22(25)27-6)15-21(28-18(4)24)14-17(3)19-10-12-23(5,26)13-11-19/h8,10,12,15,17,19,21,26H,7,9,11,13-14H2,1-6H3. The predicted octanol–water partition coefficient (Wildman–Crippen LogP) is 4.51. The van der Waals surface area contributed by atoms with Gasteiger partial charge in [0.15, 0.2) is 0 Å². The molecule has 28 heavy (non-hydrogen) atoms. The molecule has 5 nitrogen and oxygen atoms in total. The van der Waals surface area contributed by atoms with Gasteiger partial charge in [-0.25, -0.2) is 4.79 Å². The van der Waals surface area contributed by atoms with Crippen LogP contribution in [0.25, 0.3) is 0 Å². The van der Waals surface area contributed by atoms with Gasteiger partial charge in [0, 0.05) is 12.5 Å². The number of carbonyl (C=O) groups is 2. The maximum atomic E-state index is 12.2. The minimum atomic E-state index is -0.742. The van der Waals surface area contributed by atoms with Gasteiger partial charge in [-0.3, -0.25) is 4.79 Å². The summed E-state index contributed by atoms with van der Waals surface area (Å²) in [4.78, 5) is 23.8. The smallest absolute Gasteiger partial charge is 0.333 e. The summed E-state index contributed by atoms with van der Waals surface area (Å²) in [6, 6.07) is 0. The van der Waals surface area contributed by atoms with Crippen LogP contribution in [0, 0.1) is 11.8 Å². The molecule has 158 valence electrons. The first kappa shape index (κ1) is 24.2. The summed E-state index contributed by atoms with van der Waals surface area (Å²) in [5.74, 6) is -0.215. The molecule has 0 heterocycles. The molecule has 4 atom stereocenters. The van der Waals surface area contributed by atoms with Crippen molar-refractivity contribution in [2.75, 3.05) is 7.11 Å². The fourth-order valence-electron chi connectivity index (χ4n) is 3.47. The van der Waals surface area contributed by atoms with Gasteiger partial charge in [-0.15, -0.1) is 0 Å². The highest BCUT2D eigenvalue weighted by Crippen LogP contribution is 2.32. The lowest BCUT2D eigenvalue weighted by atomic mass is 9.78. The molecule has 0 spiro atoms. The van der Waals surface area contributed by atoms with Crippen LogP contribution in [0.4, 0.5) is 0 Å². The summed E-state index contributed by atoms with van der Waals surface area (Å²) in [5, 5.41) is 10.1. The topological polar surface area (TPSA) is 72.8 Å². The Labute approximate surface area is 169 Å². The first-order chi connectivity index (χ1) is 13.0. The quantitative estimate of drug-likeness (QED) is 0.355. The summed E-state index contributed by atoms with van der Waals surface area (Å²) in [7, 11) is 1.36. The zero-order valence-corrected chi connectivity index (χ0v) is 18.2. The van der Waals surface area contributed by atoms with Crippen LogP contribution in [0.1, 0.15) is 66.7 Å². The lowest BCUT2D eigenvalue weighted by Gasteiger charge is -2.31. The molecule has 1 rings (SSSR count). The predicted molar refractivity (Wildman–Crippen MR) is 111 cm³/mol. The third-order valence-electron chi connectivity index (χ3n) is 5.14. The van der Waals surface area contributed by atoms with Crippen LogP contribution in [0.3, 0.4) is 0 Å². The Morgan fingerprint density at radius 2 is 2.00 bits per heavy atom. The van der Waals surface area contributed by atoms with E-state index >= 15 is 0 Å². The Bertz CT molecular complexity index is 623. The third kappa shape index (κ3) is 8.87. The normalized spacial score (nSPS) is 24.2. The summed E-state index contributed by atoms with van der Waals surface area (Å²) < 4.78 is 10.4. The molecule has 0 saturated heterocycles. The van der Waals surface area contributed by atoms with E-state index in [9.17, 15) is 14.7 Å². The van der Waals surface area contributed by atoms with E-state index in [2.05, 4.69) is 19.1 Å². The van der Waals surface area contributed by atoms with Gasteiger partial charge < -0.3 is 14.6 Å². The largest absolute Gasteiger partial charge is 0.466 e. The van der Waals surface area contributed by atoms with E-state index in [1.165, 1.54) is 19.6 Å². The molecule has 5 heteroatoms. The SMILES string of the molecule is COC(=O)C(=CC(CC(C)C1C=CC(C)(O)CC1)OC(C)=O)CCC=C(C)C. The molecular weight excluding hydrogens is 356 g/mol. The number of hydrogen-bond acceptors (Lipinski definition) is 5. The average molecular weight is 393 g/mol. The van der Waals surface area contributed by atoms with E-state index in [4.69, 9.17) is 9.47 Å². The van der Waals surface area contributed by atoms with Gasteiger partial charge in [0.05, 0.1) is 12.7 Å². The van der Waals surface area contributed by atoms with E-state index < -0.39 is 11.7 Å². The first-order valence-corrected chi connectivity index (χ1v) is 10.1. The molecule has 1 N–H and O–H groups in total. The number of rotatable bonds is 9. The summed E-state index contributed by atoms with van der Waals surface area (Å²) in [6.45, 7) is 9.33. The fourth-order valence-corrected chi connectivity index (χ4v) is 3.47. The highest BCUT2D eigenvalue weighted by Gasteiger charge is 2.28. The van der Waals surface area contributed by atoms with E-state index in [1.54, 1.807) is 6.08 Å². The fraction of sp³-hybridized carbons (Fsp3) is 0.652. The van der Waals surface area contributed by atoms with Crippen LogP contribution < -0.4 is 0 Å². The maximum Gasteiger partial charge on any atom is 0.333 e. The zero-order chi connectivity index (χ0) is 21.3. The molecular formula is C23H36O5. The number of methoxy groups -OCH3 is 1. The molecule has 0 aromatic rings. The second kappa shape index (κ2) is 11.2. The molecule has 4 unspecified atom stereocenters. The molecule has 1 aliphatic carbocycles. The second-order valence-corrected chi connectivity index (χ2v) is 8.28. The molecule has 0 aromatic heterocycles. The molecule has 0 fully saturated rings. The number of aliphatic hydroxyl groups is 1. The Morgan fingerprint density at radius 1 is 1.32 bits per heavy atom.